The number of rotatable bonds is 5. The zero-order valence-electron chi connectivity index (χ0n) is 13.3. The van der Waals surface area contributed by atoms with Crippen LogP contribution in [0.15, 0.2) is 30.6 Å². The summed E-state index contributed by atoms with van der Waals surface area (Å²) in [4.78, 5) is 10.8. The van der Waals surface area contributed by atoms with Gasteiger partial charge in [-0.05, 0) is 30.5 Å². The fraction of sp³-hybridized carbons (Fsp3) is 0.412. The lowest BCUT2D eigenvalue weighted by Crippen LogP contribution is -2.32. The zero-order chi connectivity index (χ0) is 16.4. The number of nitrogens with zero attached hydrogens (tertiary/aromatic N) is 3. The minimum absolute atomic E-state index is 0.154. The fourth-order valence-corrected chi connectivity index (χ4v) is 3.17. The molecular weight excluding hydrogens is 308 g/mol. The number of nitrogens with one attached hydrogen (secondary N) is 1. The second kappa shape index (κ2) is 6.52. The molecule has 0 amide bonds. The number of ether oxygens (including phenoxy) is 2. The summed E-state index contributed by atoms with van der Waals surface area (Å²) < 4.78 is 10.7. The van der Waals surface area contributed by atoms with Gasteiger partial charge in [0.2, 0.25) is 6.79 Å². The van der Waals surface area contributed by atoms with Crippen LogP contribution in [0.5, 0.6) is 11.5 Å². The van der Waals surface area contributed by atoms with Crippen LogP contribution in [0.1, 0.15) is 18.4 Å². The van der Waals surface area contributed by atoms with E-state index in [9.17, 15) is 5.11 Å². The van der Waals surface area contributed by atoms with Crippen LogP contribution in [-0.2, 0) is 6.54 Å². The highest BCUT2D eigenvalue weighted by Crippen LogP contribution is 2.32. The van der Waals surface area contributed by atoms with Crippen LogP contribution in [-0.4, -0.2) is 41.1 Å². The molecule has 2 N–H and O–H groups in total. The van der Waals surface area contributed by atoms with Crippen molar-refractivity contribution in [3.63, 3.8) is 0 Å². The van der Waals surface area contributed by atoms with Gasteiger partial charge in [0.1, 0.15) is 18.0 Å². The molecule has 7 heteroatoms. The van der Waals surface area contributed by atoms with E-state index in [1.165, 1.54) is 0 Å². The summed E-state index contributed by atoms with van der Waals surface area (Å²) in [5.41, 5.74) is 1.09. The van der Waals surface area contributed by atoms with Crippen molar-refractivity contribution in [1.29, 1.82) is 0 Å². The molecule has 1 fully saturated rings. The number of aromatic nitrogens is 2. The molecule has 1 aromatic carbocycles. The third-order valence-corrected chi connectivity index (χ3v) is 4.45. The van der Waals surface area contributed by atoms with Crippen LogP contribution in [0.25, 0.3) is 0 Å². The monoisotopic (exact) mass is 328 g/mol. The Bertz CT molecular complexity index is 725. The molecule has 24 heavy (non-hydrogen) atoms. The van der Waals surface area contributed by atoms with E-state index in [2.05, 4.69) is 20.2 Å². The molecule has 0 spiro atoms. The summed E-state index contributed by atoms with van der Waals surface area (Å²) >= 11 is 0. The Hall–Kier alpha value is -2.54. The van der Waals surface area contributed by atoms with Gasteiger partial charge in [0.05, 0.1) is 12.6 Å². The summed E-state index contributed by atoms with van der Waals surface area (Å²) in [7, 11) is 0. The maximum Gasteiger partial charge on any atom is 0.231 e. The highest BCUT2D eigenvalue weighted by Gasteiger charge is 2.25. The molecule has 126 valence electrons. The first-order valence-electron chi connectivity index (χ1n) is 8.15. The van der Waals surface area contributed by atoms with E-state index < -0.39 is 0 Å². The number of hydrogen-bond acceptors (Lipinski definition) is 7. The van der Waals surface area contributed by atoms with Crippen LogP contribution in [0.4, 0.5) is 11.6 Å². The van der Waals surface area contributed by atoms with Gasteiger partial charge in [0.25, 0.3) is 0 Å². The predicted molar refractivity (Wildman–Crippen MR) is 89.4 cm³/mol. The number of aliphatic hydroxyl groups is 1. The SMILES string of the molecule is OC[C@@H]1CCCN1c1cc(NCc2ccc3c(c2)OCO3)ncn1. The first-order chi connectivity index (χ1) is 11.8. The number of anilines is 2. The highest BCUT2D eigenvalue weighted by atomic mass is 16.7. The molecule has 7 nitrogen and oxygen atoms in total. The first kappa shape index (κ1) is 15.0. The quantitative estimate of drug-likeness (QED) is 0.866. The number of fused-ring (bicyclic) bond motifs is 1. The van der Waals surface area contributed by atoms with Crippen molar-refractivity contribution in [1.82, 2.24) is 9.97 Å². The largest absolute Gasteiger partial charge is 0.454 e. The first-order valence-corrected chi connectivity index (χ1v) is 8.15. The number of aliphatic hydroxyl groups excluding tert-OH is 1. The molecule has 2 aliphatic heterocycles. The molecule has 0 aliphatic carbocycles. The van der Waals surface area contributed by atoms with Gasteiger partial charge in [-0.25, -0.2) is 9.97 Å². The average Bonchev–Trinajstić information content (AvgIpc) is 3.28. The van der Waals surface area contributed by atoms with Crippen LogP contribution in [0.2, 0.25) is 0 Å². The maximum absolute atomic E-state index is 9.47. The van der Waals surface area contributed by atoms with E-state index in [-0.39, 0.29) is 19.4 Å². The van der Waals surface area contributed by atoms with Crippen molar-refractivity contribution >= 4 is 11.6 Å². The van der Waals surface area contributed by atoms with Gasteiger partial charge in [-0.15, -0.1) is 0 Å². The molecule has 0 radical (unpaired) electrons. The predicted octanol–water partition coefficient (Wildman–Crippen LogP) is 1.78. The Balaban J connectivity index is 1.44. The van der Waals surface area contributed by atoms with Gasteiger partial charge < -0.3 is 24.8 Å². The molecule has 2 aliphatic rings. The molecule has 1 atom stereocenters. The Morgan fingerprint density at radius 2 is 2.12 bits per heavy atom. The van der Waals surface area contributed by atoms with E-state index in [1.807, 2.05) is 24.3 Å². The van der Waals surface area contributed by atoms with E-state index in [1.54, 1.807) is 6.33 Å². The second-order valence-corrected chi connectivity index (χ2v) is 5.97. The number of benzene rings is 1. The van der Waals surface area contributed by atoms with E-state index in [0.29, 0.717) is 6.54 Å². The smallest absolute Gasteiger partial charge is 0.231 e. The molecule has 1 aromatic heterocycles. The Morgan fingerprint density at radius 3 is 3.04 bits per heavy atom. The van der Waals surface area contributed by atoms with Crippen LogP contribution in [0.3, 0.4) is 0 Å². The van der Waals surface area contributed by atoms with Crippen molar-refractivity contribution < 1.29 is 14.6 Å². The van der Waals surface area contributed by atoms with Crippen molar-refractivity contribution in [3.05, 3.63) is 36.2 Å². The van der Waals surface area contributed by atoms with E-state index >= 15 is 0 Å². The van der Waals surface area contributed by atoms with Gasteiger partial charge in [0.15, 0.2) is 11.5 Å². The van der Waals surface area contributed by atoms with Crippen molar-refractivity contribution in [2.24, 2.45) is 0 Å². The Morgan fingerprint density at radius 1 is 1.21 bits per heavy atom. The summed E-state index contributed by atoms with van der Waals surface area (Å²) in [6.07, 6.45) is 3.64. The van der Waals surface area contributed by atoms with Crippen LogP contribution < -0.4 is 19.7 Å². The molecular formula is C17H20N4O3. The van der Waals surface area contributed by atoms with Gasteiger partial charge in [0, 0.05) is 19.2 Å². The van der Waals surface area contributed by atoms with Gasteiger partial charge in [-0.1, -0.05) is 6.07 Å². The summed E-state index contributed by atoms with van der Waals surface area (Å²) in [5, 5.41) is 12.8. The minimum atomic E-state index is 0.154. The van der Waals surface area contributed by atoms with E-state index in [0.717, 1.165) is 48.1 Å². The lowest BCUT2D eigenvalue weighted by Gasteiger charge is -2.24. The minimum Gasteiger partial charge on any atom is -0.454 e. The maximum atomic E-state index is 9.47. The third-order valence-electron chi connectivity index (χ3n) is 4.45. The van der Waals surface area contributed by atoms with Crippen LogP contribution >= 0.6 is 0 Å². The van der Waals surface area contributed by atoms with Gasteiger partial charge in [-0.3, -0.25) is 0 Å². The fourth-order valence-electron chi connectivity index (χ4n) is 3.17. The molecule has 1 saturated heterocycles. The van der Waals surface area contributed by atoms with Crippen molar-refractivity contribution in [2.45, 2.75) is 25.4 Å². The third kappa shape index (κ3) is 2.94. The van der Waals surface area contributed by atoms with Gasteiger partial charge >= 0.3 is 0 Å². The Kier molecular flexibility index (Phi) is 4.08. The average molecular weight is 328 g/mol. The number of hydrogen-bond donors (Lipinski definition) is 2. The molecule has 4 rings (SSSR count). The standard InChI is InChI=1S/C17H20N4O3/c22-9-13-2-1-5-21(13)17-7-16(19-10-20-17)18-8-12-3-4-14-15(6-12)24-11-23-14/h3-4,6-7,10,13,22H,1-2,5,8-9,11H2,(H,18,19,20)/t13-/m0/s1. The molecule has 2 aromatic rings. The lowest BCUT2D eigenvalue weighted by molar-refractivity contribution is 0.174. The molecule has 0 bridgehead atoms. The normalized spacial score (nSPS) is 18.9. The lowest BCUT2D eigenvalue weighted by atomic mass is 10.2. The van der Waals surface area contributed by atoms with Crippen molar-refractivity contribution in [3.8, 4) is 11.5 Å². The molecule has 0 unspecified atom stereocenters. The molecule has 3 heterocycles. The summed E-state index contributed by atoms with van der Waals surface area (Å²) in [6.45, 7) is 1.99. The topological polar surface area (TPSA) is 79.7 Å². The van der Waals surface area contributed by atoms with Crippen LogP contribution in [0, 0.1) is 0 Å². The highest BCUT2D eigenvalue weighted by molar-refractivity contribution is 5.51. The summed E-state index contributed by atoms with van der Waals surface area (Å²) in [6, 6.07) is 7.98. The Labute approximate surface area is 140 Å². The summed E-state index contributed by atoms with van der Waals surface area (Å²) in [5.74, 6) is 3.18. The second-order valence-electron chi connectivity index (χ2n) is 5.97. The zero-order valence-corrected chi connectivity index (χ0v) is 13.3. The van der Waals surface area contributed by atoms with Crippen molar-refractivity contribution in [2.75, 3.05) is 30.2 Å². The van der Waals surface area contributed by atoms with Gasteiger partial charge in [-0.2, -0.15) is 0 Å². The van der Waals surface area contributed by atoms with E-state index in [4.69, 9.17) is 9.47 Å². The molecule has 0 saturated carbocycles.